The van der Waals surface area contributed by atoms with Crippen LogP contribution in [-0.4, -0.2) is 76.7 Å². The van der Waals surface area contributed by atoms with Crippen molar-refractivity contribution in [1.82, 2.24) is 30.5 Å². The monoisotopic (exact) mass is 654 g/mol. The van der Waals surface area contributed by atoms with Crippen molar-refractivity contribution < 1.29 is 19.5 Å². The van der Waals surface area contributed by atoms with Gasteiger partial charge in [0.1, 0.15) is 18.2 Å². The molecule has 222 valence electrons. The summed E-state index contributed by atoms with van der Waals surface area (Å²) in [5.41, 5.74) is 2.54. The zero-order chi connectivity index (χ0) is 29.3. The Morgan fingerprint density at radius 3 is 2.60 bits per heavy atom. The number of nitrogens with one attached hydrogen (secondary N) is 2. The molecule has 6 atom stereocenters. The summed E-state index contributed by atoms with van der Waals surface area (Å²) in [6.07, 6.45) is 3.77. The predicted octanol–water partition coefficient (Wildman–Crippen LogP) is 2.84. The van der Waals surface area contributed by atoms with Gasteiger partial charge in [0.2, 0.25) is 17.7 Å². The molecule has 10 nitrogen and oxygen atoms in total. The van der Waals surface area contributed by atoms with E-state index in [0.29, 0.717) is 25.9 Å². The predicted molar refractivity (Wildman–Crippen MR) is 163 cm³/mol. The van der Waals surface area contributed by atoms with E-state index in [1.807, 2.05) is 54.6 Å². The van der Waals surface area contributed by atoms with Crippen LogP contribution in [0.15, 0.2) is 54.6 Å². The summed E-state index contributed by atoms with van der Waals surface area (Å²) in [6, 6.07) is 16.6. The van der Waals surface area contributed by atoms with Crippen LogP contribution in [-0.2, 0) is 27.6 Å². The minimum absolute atomic E-state index is 0.0121. The number of fused-ring (bicyclic) bond motifs is 2. The van der Waals surface area contributed by atoms with Gasteiger partial charge in [0.15, 0.2) is 0 Å². The number of unbranched alkanes of at least 4 members (excludes halogenated alkanes) is 3. The van der Waals surface area contributed by atoms with Crippen LogP contribution in [0.1, 0.15) is 37.7 Å². The Labute approximate surface area is 257 Å². The van der Waals surface area contributed by atoms with Gasteiger partial charge < -0.3 is 20.6 Å². The lowest BCUT2D eigenvalue weighted by Crippen LogP contribution is -2.55. The van der Waals surface area contributed by atoms with Crippen molar-refractivity contribution in [3.8, 4) is 0 Å². The third kappa shape index (κ3) is 5.22. The van der Waals surface area contributed by atoms with E-state index in [2.05, 4.69) is 36.9 Å². The number of halogens is 1. The van der Waals surface area contributed by atoms with E-state index in [-0.39, 0.29) is 41.1 Å². The molecule has 3 aliphatic heterocycles. The molecule has 12 heteroatoms. The molecule has 0 aliphatic carbocycles. The lowest BCUT2D eigenvalue weighted by molar-refractivity contribution is -0.140. The minimum Gasteiger partial charge on any atom is -0.396 e. The number of benzene rings is 2. The molecule has 1 aromatic heterocycles. The van der Waals surface area contributed by atoms with Gasteiger partial charge in [-0.1, -0.05) is 76.4 Å². The van der Waals surface area contributed by atoms with Gasteiger partial charge in [0.25, 0.3) is 0 Å². The zero-order valence-electron chi connectivity index (χ0n) is 23.2. The Kier molecular flexibility index (Phi) is 8.56. The van der Waals surface area contributed by atoms with E-state index in [1.54, 1.807) is 21.3 Å². The number of thioether (sulfide) groups is 1. The fourth-order valence-electron chi connectivity index (χ4n) is 6.90. The van der Waals surface area contributed by atoms with Crippen LogP contribution in [0.2, 0.25) is 0 Å². The molecule has 2 aromatic carbocycles. The number of aliphatic hydroxyl groups excluding tert-OH is 1. The largest absolute Gasteiger partial charge is 0.396 e. The summed E-state index contributed by atoms with van der Waals surface area (Å²) in [5.74, 6) is -1.59. The van der Waals surface area contributed by atoms with E-state index in [4.69, 9.17) is 5.11 Å². The van der Waals surface area contributed by atoms with Gasteiger partial charge in [-0.2, -0.15) is 0 Å². The Hall–Kier alpha value is -2.96. The van der Waals surface area contributed by atoms with Gasteiger partial charge >= 0.3 is 0 Å². The Morgan fingerprint density at radius 1 is 1.02 bits per heavy atom. The second kappa shape index (κ2) is 12.3. The first kappa shape index (κ1) is 29.1. The number of alkyl halides is 1. The maximum absolute atomic E-state index is 14.2. The smallest absolute Gasteiger partial charge is 0.245 e. The lowest BCUT2D eigenvalue weighted by Gasteiger charge is -2.35. The van der Waals surface area contributed by atoms with E-state index >= 15 is 0 Å². The van der Waals surface area contributed by atoms with Gasteiger partial charge in [-0.25, -0.2) is 4.68 Å². The number of carbonyl (C=O) groups is 3. The van der Waals surface area contributed by atoms with E-state index in [9.17, 15) is 14.4 Å². The van der Waals surface area contributed by atoms with Gasteiger partial charge in [-0.3, -0.25) is 14.4 Å². The van der Waals surface area contributed by atoms with E-state index in [0.717, 1.165) is 35.9 Å². The normalized spacial score (nSPS) is 27.9. The highest BCUT2D eigenvalue weighted by molar-refractivity contribution is 9.09. The molecule has 3 unspecified atom stereocenters. The number of nitrogens with zero attached hydrogens (tertiary/aromatic N) is 4. The SMILES string of the molecule is O=C(NCn1nnc2ccccc21)C1N(CCCCCCO)C(=O)[C@@H]2[C@H](C(=O)NCc3ccccc3)[C@H]3SC12CC3Br. The maximum atomic E-state index is 14.2. The van der Waals surface area contributed by atoms with Crippen molar-refractivity contribution in [2.45, 2.75) is 66.2 Å². The average Bonchev–Trinajstić information content (AvgIpc) is 3.72. The maximum Gasteiger partial charge on any atom is 0.245 e. The van der Waals surface area contributed by atoms with Crippen LogP contribution >= 0.6 is 27.7 Å². The van der Waals surface area contributed by atoms with Gasteiger partial charge in [0, 0.05) is 29.8 Å². The number of aliphatic hydroxyl groups is 1. The summed E-state index contributed by atoms with van der Waals surface area (Å²) >= 11 is 5.45. The minimum atomic E-state index is -0.704. The van der Waals surface area contributed by atoms with Crippen molar-refractivity contribution in [2.24, 2.45) is 11.8 Å². The molecule has 4 heterocycles. The molecular formula is C30H35BrN6O4S. The fraction of sp³-hybridized carbons (Fsp3) is 0.500. The van der Waals surface area contributed by atoms with Crippen LogP contribution in [0.5, 0.6) is 0 Å². The van der Waals surface area contributed by atoms with Gasteiger partial charge in [0.05, 0.1) is 22.1 Å². The molecule has 3 fully saturated rings. The number of para-hydroxylation sites is 1. The number of likely N-dealkylation sites (tertiary alicyclic amines) is 1. The quantitative estimate of drug-likeness (QED) is 0.202. The van der Waals surface area contributed by atoms with Crippen LogP contribution in [0.4, 0.5) is 0 Å². The summed E-state index contributed by atoms with van der Waals surface area (Å²) in [6.45, 7) is 1.09. The van der Waals surface area contributed by atoms with Gasteiger partial charge in [-0.15, -0.1) is 16.9 Å². The number of amides is 3. The zero-order valence-corrected chi connectivity index (χ0v) is 25.6. The first-order chi connectivity index (χ1) is 20.4. The van der Waals surface area contributed by atoms with E-state index < -0.39 is 22.6 Å². The summed E-state index contributed by atoms with van der Waals surface area (Å²) in [4.78, 5) is 43.7. The highest BCUT2D eigenvalue weighted by atomic mass is 79.9. The molecule has 3 aliphatic rings. The third-order valence-corrected chi connectivity index (χ3v) is 12.0. The van der Waals surface area contributed by atoms with Crippen molar-refractivity contribution in [3.63, 3.8) is 0 Å². The topological polar surface area (TPSA) is 129 Å². The molecule has 42 heavy (non-hydrogen) atoms. The molecule has 6 rings (SSSR count). The standard InChI is InChI=1S/C30H35BrN6O4S/c31-20-16-30-24(23(25(20)42-30)27(39)32-17-19-10-4-3-5-11-19)29(41)36(14-8-1-2-9-15-38)26(30)28(40)33-18-37-22-13-7-6-12-21(22)34-35-37/h3-7,10-13,20,23-26,38H,1-2,8-9,14-18H2,(H,32,39)(H,33,40)/t20?,23-,24-,25-,26?,30?/m0/s1. The second-order valence-electron chi connectivity index (χ2n) is 11.3. The number of hydrogen-bond donors (Lipinski definition) is 3. The molecular weight excluding hydrogens is 620 g/mol. The van der Waals surface area contributed by atoms with Crippen LogP contribution in [0.25, 0.3) is 11.0 Å². The highest BCUT2D eigenvalue weighted by Gasteiger charge is 2.75. The summed E-state index contributed by atoms with van der Waals surface area (Å²) in [7, 11) is 0. The van der Waals surface area contributed by atoms with Gasteiger partial charge in [-0.05, 0) is 37.0 Å². The molecule has 3 amide bonds. The Bertz CT molecular complexity index is 1460. The molecule has 1 spiro atoms. The van der Waals surface area contributed by atoms with Crippen molar-refractivity contribution >= 4 is 56.4 Å². The summed E-state index contributed by atoms with van der Waals surface area (Å²) in [5, 5.41) is 23.6. The molecule has 3 saturated heterocycles. The average molecular weight is 656 g/mol. The second-order valence-corrected chi connectivity index (χ2v) is 14.0. The molecule has 3 N–H and O–H groups in total. The number of rotatable bonds is 12. The molecule has 2 bridgehead atoms. The van der Waals surface area contributed by atoms with E-state index in [1.165, 1.54) is 0 Å². The fourth-order valence-corrected chi connectivity index (χ4v) is 10.5. The number of aromatic nitrogens is 3. The number of hydrogen-bond acceptors (Lipinski definition) is 7. The molecule has 0 radical (unpaired) electrons. The van der Waals surface area contributed by atoms with Crippen LogP contribution < -0.4 is 10.6 Å². The Morgan fingerprint density at radius 2 is 1.79 bits per heavy atom. The third-order valence-electron chi connectivity index (χ3n) is 8.78. The number of carbonyl (C=O) groups excluding carboxylic acids is 3. The lowest BCUT2D eigenvalue weighted by atomic mass is 9.70. The first-order valence-corrected chi connectivity index (χ1v) is 16.3. The highest BCUT2D eigenvalue weighted by Crippen LogP contribution is 2.67. The first-order valence-electron chi connectivity index (χ1n) is 14.6. The molecule has 0 saturated carbocycles. The summed E-state index contributed by atoms with van der Waals surface area (Å²) < 4.78 is 0.940. The Balaban J connectivity index is 1.24. The van der Waals surface area contributed by atoms with Crippen LogP contribution in [0.3, 0.4) is 0 Å². The van der Waals surface area contributed by atoms with Crippen molar-refractivity contribution in [3.05, 3.63) is 60.2 Å². The van der Waals surface area contributed by atoms with Crippen molar-refractivity contribution in [2.75, 3.05) is 13.2 Å². The van der Waals surface area contributed by atoms with Crippen molar-refractivity contribution in [1.29, 1.82) is 0 Å². The molecule has 3 aromatic rings. The van der Waals surface area contributed by atoms with Crippen LogP contribution in [0, 0.1) is 11.8 Å².